The fourth-order valence-corrected chi connectivity index (χ4v) is 4.97. The molecule has 138 valence electrons. The van der Waals surface area contributed by atoms with Gasteiger partial charge in [-0.15, -0.1) is 0 Å². The predicted molar refractivity (Wildman–Crippen MR) is 111 cm³/mol. The third-order valence-corrected chi connectivity index (χ3v) is 5.17. The highest BCUT2D eigenvalue weighted by Crippen LogP contribution is 2.42. The molecule has 0 aliphatic heterocycles. The zero-order chi connectivity index (χ0) is 19.0. The Hall–Kier alpha value is -0.746. The summed E-state index contributed by atoms with van der Waals surface area (Å²) in [6, 6.07) is 6.41. The molecule has 0 aliphatic carbocycles. The van der Waals surface area contributed by atoms with Crippen molar-refractivity contribution in [1.82, 2.24) is 0 Å². The molecule has 1 aromatic carbocycles. The van der Waals surface area contributed by atoms with Crippen LogP contribution in [0.25, 0.3) is 0 Å². The number of hydrogen-bond acceptors (Lipinski definition) is 2. The highest BCUT2D eigenvalue weighted by Gasteiger charge is 2.32. The lowest BCUT2D eigenvalue weighted by atomic mass is 9.72. The van der Waals surface area contributed by atoms with Crippen LogP contribution in [0.2, 0.25) is 39.3 Å². The molecule has 0 aliphatic rings. The topological polar surface area (TPSA) is 18.5 Å². The average Bonchev–Trinajstić information content (AvgIpc) is 2.23. The predicted octanol–water partition coefficient (Wildman–Crippen LogP) is 6.83. The van der Waals surface area contributed by atoms with Gasteiger partial charge in [0, 0.05) is 5.56 Å². The summed E-state index contributed by atoms with van der Waals surface area (Å²) < 4.78 is 12.7. The molecule has 0 unspecified atom stereocenters. The van der Waals surface area contributed by atoms with E-state index in [0.717, 1.165) is 17.9 Å². The molecule has 0 atom stereocenters. The molecule has 4 heteroatoms. The normalized spacial score (nSPS) is 13.8. The molecule has 0 heterocycles. The van der Waals surface area contributed by atoms with Gasteiger partial charge in [-0.2, -0.15) is 0 Å². The maximum absolute atomic E-state index is 6.41. The van der Waals surface area contributed by atoms with E-state index in [0.29, 0.717) is 0 Å². The molecule has 0 aromatic heterocycles. The quantitative estimate of drug-likeness (QED) is 0.514. The number of hydrogen-bond donors (Lipinski definition) is 0. The van der Waals surface area contributed by atoms with Gasteiger partial charge in [-0.25, -0.2) is 0 Å². The van der Waals surface area contributed by atoms with Crippen LogP contribution in [-0.2, 0) is 5.41 Å². The van der Waals surface area contributed by atoms with E-state index in [1.54, 1.807) is 0 Å². The number of rotatable bonds is 6. The fraction of sp³-hybridized carbons (Fsp3) is 0.700. The Morgan fingerprint density at radius 2 is 1.29 bits per heavy atom. The SMILES string of the molecule is CC(C)(C)CC(C)(C)c1cc(O[Si](C)(C)C)ccc1O[Si](C)(C)C. The lowest BCUT2D eigenvalue weighted by molar-refractivity contribution is 0.280. The Morgan fingerprint density at radius 1 is 0.792 bits per heavy atom. The van der Waals surface area contributed by atoms with Crippen LogP contribution in [0.1, 0.15) is 46.6 Å². The van der Waals surface area contributed by atoms with Crippen molar-refractivity contribution in [3.63, 3.8) is 0 Å². The molecule has 2 nitrogen and oxygen atoms in total. The average molecular weight is 367 g/mol. The second-order valence-corrected chi connectivity index (χ2v) is 19.6. The molecule has 0 fully saturated rings. The lowest BCUT2D eigenvalue weighted by Crippen LogP contribution is -2.33. The Kier molecular flexibility index (Phi) is 6.10. The maximum atomic E-state index is 6.41. The van der Waals surface area contributed by atoms with Crippen LogP contribution in [0, 0.1) is 5.41 Å². The molecule has 0 saturated heterocycles. The summed E-state index contributed by atoms with van der Waals surface area (Å²) in [7, 11) is -3.29. The summed E-state index contributed by atoms with van der Waals surface area (Å²) in [6.07, 6.45) is 1.10. The molecular formula is C20H38O2Si2. The first-order chi connectivity index (χ1) is 10.5. The van der Waals surface area contributed by atoms with Crippen molar-refractivity contribution in [1.29, 1.82) is 0 Å². The van der Waals surface area contributed by atoms with E-state index in [9.17, 15) is 0 Å². The number of benzene rings is 1. The van der Waals surface area contributed by atoms with Gasteiger partial charge in [0.15, 0.2) is 0 Å². The van der Waals surface area contributed by atoms with Crippen molar-refractivity contribution in [3.05, 3.63) is 23.8 Å². The van der Waals surface area contributed by atoms with E-state index in [2.05, 4.69) is 92.1 Å². The minimum absolute atomic E-state index is 0.0338. The summed E-state index contributed by atoms with van der Waals surface area (Å²) in [5, 5.41) is 0. The van der Waals surface area contributed by atoms with Crippen LogP contribution >= 0.6 is 0 Å². The second kappa shape index (κ2) is 6.87. The van der Waals surface area contributed by atoms with Crippen LogP contribution in [-0.4, -0.2) is 16.6 Å². The Labute approximate surface area is 152 Å². The van der Waals surface area contributed by atoms with Crippen molar-refractivity contribution in [2.24, 2.45) is 5.41 Å². The monoisotopic (exact) mass is 366 g/mol. The molecule has 0 saturated carbocycles. The Balaban J connectivity index is 3.36. The third-order valence-electron chi connectivity index (χ3n) is 3.49. The van der Waals surface area contributed by atoms with Gasteiger partial charge in [-0.1, -0.05) is 34.6 Å². The van der Waals surface area contributed by atoms with Crippen LogP contribution < -0.4 is 8.85 Å². The van der Waals surface area contributed by atoms with Gasteiger partial charge in [-0.3, -0.25) is 0 Å². The molecule has 0 amide bonds. The van der Waals surface area contributed by atoms with Crippen LogP contribution in [0.3, 0.4) is 0 Å². The van der Waals surface area contributed by atoms with Crippen molar-refractivity contribution in [2.75, 3.05) is 0 Å². The molecule has 0 N–H and O–H groups in total. The summed E-state index contributed by atoms with van der Waals surface area (Å²) >= 11 is 0. The summed E-state index contributed by atoms with van der Waals surface area (Å²) in [6.45, 7) is 24.9. The second-order valence-electron chi connectivity index (χ2n) is 10.7. The van der Waals surface area contributed by atoms with E-state index in [4.69, 9.17) is 8.85 Å². The van der Waals surface area contributed by atoms with Gasteiger partial charge in [0.1, 0.15) is 11.5 Å². The van der Waals surface area contributed by atoms with Gasteiger partial charge in [0.05, 0.1) is 0 Å². The molecule has 0 bridgehead atoms. The van der Waals surface area contributed by atoms with Crippen LogP contribution in [0.5, 0.6) is 11.5 Å². The van der Waals surface area contributed by atoms with Gasteiger partial charge in [-0.05, 0) is 74.7 Å². The fourth-order valence-electron chi connectivity index (χ4n) is 3.29. The summed E-state index contributed by atoms with van der Waals surface area (Å²) in [5.41, 5.74) is 1.57. The Bertz CT molecular complexity index is 558. The van der Waals surface area contributed by atoms with E-state index in [1.807, 2.05) is 0 Å². The van der Waals surface area contributed by atoms with Crippen LogP contribution in [0.4, 0.5) is 0 Å². The molecule has 1 aromatic rings. The highest BCUT2D eigenvalue weighted by molar-refractivity contribution is 6.70. The van der Waals surface area contributed by atoms with Crippen molar-refractivity contribution < 1.29 is 8.85 Å². The smallest absolute Gasteiger partial charge is 0.242 e. The molecule has 0 radical (unpaired) electrons. The first-order valence-electron chi connectivity index (χ1n) is 9.01. The van der Waals surface area contributed by atoms with E-state index in [1.165, 1.54) is 5.56 Å². The van der Waals surface area contributed by atoms with Crippen molar-refractivity contribution >= 4 is 16.6 Å². The summed E-state index contributed by atoms with van der Waals surface area (Å²) in [5.74, 6) is 2.01. The lowest BCUT2D eigenvalue weighted by Gasteiger charge is -2.36. The Morgan fingerprint density at radius 3 is 1.71 bits per heavy atom. The zero-order valence-electron chi connectivity index (χ0n) is 17.8. The van der Waals surface area contributed by atoms with Gasteiger partial charge in [0.2, 0.25) is 16.6 Å². The minimum Gasteiger partial charge on any atom is -0.544 e. The van der Waals surface area contributed by atoms with Crippen molar-refractivity contribution in [2.45, 2.75) is 85.7 Å². The first-order valence-corrected chi connectivity index (χ1v) is 15.8. The molecule has 0 spiro atoms. The highest BCUT2D eigenvalue weighted by atomic mass is 28.4. The van der Waals surface area contributed by atoms with Gasteiger partial charge < -0.3 is 8.85 Å². The van der Waals surface area contributed by atoms with Crippen molar-refractivity contribution in [3.8, 4) is 11.5 Å². The van der Waals surface area contributed by atoms with E-state index < -0.39 is 16.6 Å². The first kappa shape index (κ1) is 21.3. The zero-order valence-corrected chi connectivity index (χ0v) is 19.8. The third kappa shape index (κ3) is 7.43. The summed E-state index contributed by atoms with van der Waals surface area (Å²) in [4.78, 5) is 0. The maximum Gasteiger partial charge on any atom is 0.242 e. The van der Waals surface area contributed by atoms with Gasteiger partial charge >= 0.3 is 0 Å². The van der Waals surface area contributed by atoms with E-state index >= 15 is 0 Å². The van der Waals surface area contributed by atoms with E-state index in [-0.39, 0.29) is 10.8 Å². The molecular weight excluding hydrogens is 328 g/mol. The largest absolute Gasteiger partial charge is 0.544 e. The standard InChI is InChI=1S/C20H38O2Si2/c1-19(2,3)15-20(4,5)17-14-16(21-23(6,7)8)12-13-18(17)22-24(9,10)11/h12-14H,15H2,1-11H3. The minimum atomic E-state index is -1.66. The molecule has 1 rings (SSSR count). The molecule has 24 heavy (non-hydrogen) atoms. The van der Waals surface area contributed by atoms with Crippen LogP contribution in [0.15, 0.2) is 18.2 Å². The van der Waals surface area contributed by atoms with Gasteiger partial charge in [0.25, 0.3) is 0 Å².